The Labute approximate surface area is 164 Å². The molecule has 0 saturated heterocycles. The average molecular weight is 396 g/mol. The summed E-state index contributed by atoms with van der Waals surface area (Å²) in [4.78, 5) is 15.9. The summed E-state index contributed by atoms with van der Waals surface area (Å²) in [6.07, 6.45) is 0. The number of aromatic nitrogens is 1. The van der Waals surface area contributed by atoms with Crippen LogP contribution in [-0.4, -0.2) is 16.1 Å². The number of fused-ring (bicyclic) bond motifs is 1. The van der Waals surface area contributed by atoms with Crippen LogP contribution >= 0.6 is 22.9 Å². The molecule has 1 N–H and O–H groups in total. The first kappa shape index (κ1) is 17.5. The van der Waals surface area contributed by atoms with Crippen molar-refractivity contribution in [2.24, 2.45) is 0 Å². The highest BCUT2D eigenvalue weighted by molar-refractivity contribution is 7.09. The molecule has 134 valence electrons. The number of benzene rings is 3. The van der Waals surface area contributed by atoms with Crippen molar-refractivity contribution in [3.05, 3.63) is 81.6 Å². The van der Waals surface area contributed by atoms with Gasteiger partial charge in [-0.25, -0.2) is 9.78 Å². The zero-order valence-electron chi connectivity index (χ0n) is 14.1. The smallest absolute Gasteiger partial charge is 0.336 e. The third-order valence-corrected chi connectivity index (χ3v) is 5.30. The van der Waals surface area contributed by atoms with Gasteiger partial charge in [-0.1, -0.05) is 41.9 Å². The minimum absolute atomic E-state index is 0.281. The summed E-state index contributed by atoms with van der Waals surface area (Å²) >= 11 is 7.73. The lowest BCUT2D eigenvalue weighted by atomic mass is 10.0. The number of thiazole rings is 1. The molecule has 0 aliphatic rings. The lowest BCUT2D eigenvalue weighted by Crippen LogP contribution is -1.98. The van der Waals surface area contributed by atoms with E-state index in [2.05, 4.69) is 4.98 Å². The number of halogens is 1. The van der Waals surface area contributed by atoms with E-state index in [1.165, 1.54) is 11.3 Å². The summed E-state index contributed by atoms with van der Waals surface area (Å²) < 4.78 is 5.85. The SMILES string of the molecule is O=C(O)c1cccc2cc(OCc3nc(-c4ccccc4Cl)cs3)ccc12. The molecule has 6 heteroatoms. The van der Waals surface area contributed by atoms with Crippen molar-refractivity contribution >= 4 is 39.7 Å². The molecule has 0 radical (unpaired) electrons. The summed E-state index contributed by atoms with van der Waals surface area (Å²) in [6, 6.07) is 18.2. The molecule has 1 aromatic heterocycles. The number of hydrogen-bond donors (Lipinski definition) is 1. The zero-order valence-corrected chi connectivity index (χ0v) is 15.6. The topological polar surface area (TPSA) is 59.4 Å². The summed E-state index contributed by atoms with van der Waals surface area (Å²) in [6.45, 7) is 0.333. The number of rotatable bonds is 5. The normalized spacial score (nSPS) is 10.9. The number of nitrogens with zero attached hydrogens (tertiary/aromatic N) is 1. The molecular formula is C21H14ClNO3S. The Hall–Kier alpha value is -2.89. The van der Waals surface area contributed by atoms with E-state index in [9.17, 15) is 9.90 Å². The number of carboxylic acids is 1. The van der Waals surface area contributed by atoms with Crippen molar-refractivity contribution < 1.29 is 14.6 Å². The molecule has 0 amide bonds. The molecule has 0 saturated carbocycles. The third-order valence-electron chi connectivity index (χ3n) is 4.15. The van der Waals surface area contributed by atoms with Crippen LogP contribution in [-0.2, 0) is 6.61 Å². The van der Waals surface area contributed by atoms with Gasteiger partial charge in [0.05, 0.1) is 11.3 Å². The second-order valence-electron chi connectivity index (χ2n) is 5.89. The van der Waals surface area contributed by atoms with Crippen LogP contribution in [0.25, 0.3) is 22.0 Å². The van der Waals surface area contributed by atoms with E-state index in [0.717, 1.165) is 21.7 Å². The maximum atomic E-state index is 11.3. The number of carboxylic acid groups (broad SMARTS) is 1. The van der Waals surface area contributed by atoms with Gasteiger partial charge in [-0.3, -0.25) is 0 Å². The van der Waals surface area contributed by atoms with Crippen molar-refractivity contribution in [2.75, 3.05) is 0 Å². The molecule has 3 aromatic carbocycles. The Morgan fingerprint density at radius 2 is 1.96 bits per heavy atom. The first-order valence-electron chi connectivity index (χ1n) is 8.20. The molecule has 0 bridgehead atoms. The van der Waals surface area contributed by atoms with Gasteiger partial charge < -0.3 is 9.84 Å². The van der Waals surface area contributed by atoms with Gasteiger partial charge in [0.2, 0.25) is 0 Å². The minimum Gasteiger partial charge on any atom is -0.486 e. The second-order valence-corrected chi connectivity index (χ2v) is 7.24. The van der Waals surface area contributed by atoms with Gasteiger partial charge in [0.25, 0.3) is 0 Å². The van der Waals surface area contributed by atoms with Gasteiger partial charge in [0, 0.05) is 16.0 Å². The highest BCUT2D eigenvalue weighted by Gasteiger charge is 2.10. The lowest BCUT2D eigenvalue weighted by Gasteiger charge is -2.07. The number of aromatic carboxylic acids is 1. The number of hydrogen-bond acceptors (Lipinski definition) is 4. The van der Waals surface area contributed by atoms with Gasteiger partial charge in [0.15, 0.2) is 0 Å². The number of carbonyl (C=O) groups is 1. The Balaban J connectivity index is 1.53. The van der Waals surface area contributed by atoms with Crippen molar-refractivity contribution in [3.8, 4) is 17.0 Å². The Morgan fingerprint density at radius 3 is 2.78 bits per heavy atom. The Bertz CT molecular complexity index is 1140. The average Bonchev–Trinajstić information content (AvgIpc) is 3.14. The summed E-state index contributed by atoms with van der Waals surface area (Å²) in [5, 5.41) is 14.2. The van der Waals surface area contributed by atoms with Gasteiger partial charge in [-0.05, 0) is 41.1 Å². The van der Waals surface area contributed by atoms with E-state index in [4.69, 9.17) is 16.3 Å². The Morgan fingerprint density at radius 1 is 1.11 bits per heavy atom. The molecule has 27 heavy (non-hydrogen) atoms. The van der Waals surface area contributed by atoms with Crippen LogP contribution < -0.4 is 4.74 Å². The predicted molar refractivity (Wildman–Crippen MR) is 108 cm³/mol. The summed E-state index contributed by atoms with van der Waals surface area (Å²) in [7, 11) is 0. The van der Waals surface area contributed by atoms with Crippen molar-refractivity contribution in [1.82, 2.24) is 4.98 Å². The standard InChI is InChI=1S/C21H14ClNO3S/c22-18-7-2-1-5-17(18)19-12-27-20(23-19)11-26-14-8-9-15-13(10-14)4-3-6-16(15)21(24)25/h1-10,12H,11H2,(H,24,25). The molecule has 4 aromatic rings. The Kier molecular flexibility index (Phi) is 4.79. The first-order chi connectivity index (χ1) is 13.1. The summed E-state index contributed by atoms with van der Waals surface area (Å²) in [5.41, 5.74) is 2.01. The third kappa shape index (κ3) is 3.65. The predicted octanol–water partition coefficient (Wildman–Crippen LogP) is 5.89. The molecule has 4 nitrogen and oxygen atoms in total. The van der Waals surface area contributed by atoms with Gasteiger partial charge in [0.1, 0.15) is 17.4 Å². The molecule has 0 aliphatic heterocycles. The van der Waals surface area contributed by atoms with E-state index in [1.54, 1.807) is 24.3 Å². The monoisotopic (exact) mass is 395 g/mol. The van der Waals surface area contributed by atoms with Gasteiger partial charge in [-0.2, -0.15) is 0 Å². The molecule has 4 rings (SSSR count). The van der Waals surface area contributed by atoms with Crippen LogP contribution in [0.5, 0.6) is 5.75 Å². The van der Waals surface area contributed by atoms with E-state index in [1.807, 2.05) is 41.8 Å². The summed E-state index contributed by atoms with van der Waals surface area (Å²) in [5.74, 6) is -0.274. The number of ether oxygens (including phenoxy) is 1. The maximum Gasteiger partial charge on any atom is 0.336 e. The molecular weight excluding hydrogens is 382 g/mol. The molecule has 1 heterocycles. The van der Waals surface area contributed by atoms with Crippen LogP contribution in [0, 0.1) is 0 Å². The van der Waals surface area contributed by atoms with Crippen molar-refractivity contribution in [2.45, 2.75) is 6.61 Å². The molecule has 0 atom stereocenters. The van der Waals surface area contributed by atoms with Crippen LogP contribution in [0.3, 0.4) is 0 Å². The molecule has 0 fully saturated rings. The van der Waals surface area contributed by atoms with Crippen LogP contribution in [0.4, 0.5) is 0 Å². The van der Waals surface area contributed by atoms with Crippen LogP contribution in [0.2, 0.25) is 5.02 Å². The fourth-order valence-corrected chi connectivity index (χ4v) is 3.79. The molecule has 0 unspecified atom stereocenters. The fraction of sp³-hybridized carbons (Fsp3) is 0.0476. The quantitative estimate of drug-likeness (QED) is 0.457. The van der Waals surface area contributed by atoms with Crippen LogP contribution in [0.15, 0.2) is 66.0 Å². The van der Waals surface area contributed by atoms with Gasteiger partial charge in [-0.15, -0.1) is 11.3 Å². The van der Waals surface area contributed by atoms with Crippen molar-refractivity contribution in [1.29, 1.82) is 0 Å². The zero-order chi connectivity index (χ0) is 18.8. The fourth-order valence-electron chi connectivity index (χ4n) is 2.85. The largest absolute Gasteiger partial charge is 0.486 e. The highest BCUT2D eigenvalue weighted by Crippen LogP contribution is 2.29. The van der Waals surface area contributed by atoms with E-state index in [0.29, 0.717) is 22.8 Å². The molecule has 0 aliphatic carbocycles. The van der Waals surface area contributed by atoms with Crippen LogP contribution in [0.1, 0.15) is 15.4 Å². The lowest BCUT2D eigenvalue weighted by molar-refractivity contribution is 0.0699. The van der Waals surface area contributed by atoms with E-state index < -0.39 is 5.97 Å². The minimum atomic E-state index is -0.941. The van der Waals surface area contributed by atoms with Gasteiger partial charge >= 0.3 is 5.97 Å². The first-order valence-corrected chi connectivity index (χ1v) is 9.46. The second kappa shape index (κ2) is 7.39. The van der Waals surface area contributed by atoms with Crippen molar-refractivity contribution in [3.63, 3.8) is 0 Å². The van der Waals surface area contributed by atoms with E-state index in [-0.39, 0.29) is 5.56 Å². The highest BCUT2D eigenvalue weighted by atomic mass is 35.5. The molecule has 0 spiro atoms. The van der Waals surface area contributed by atoms with E-state index >= 15 is 0 Å². The maximum absolute atomic E-state index is 11.3.